The molecule has 27 heavy (non-hydrogen) atoms. The Morgan fingerprint density at radius 3 is 2.26 bits per heavy atom. The molecule has 0 radical (unpaired) electrons. The van der Waals surface area contributed by atoms with E-state index < -0.39 is 15.9 Å². The van der Waals surface area contributed by atoms with Gasteiger partial charge in [-0.05, 0) is 18.2 Å². The molecule has 9 nitrogen and oxygen atoms in total. The Morgan fingerprint density at radius 2 is 1.70 bits per heavy atom. The molecule has 0 spiro atoms. The van der Waals surface area contributed by atoms with Crippen LogP contribution in [0.25, 0.3) is 0 Å². The summed E-state index contributed by atoms with van der Waals surface area (Å²) in [4.78, 5) is 25.2. The summed E-state index contributed by atoms with van der Waals surface area (Å²) >= 11 is 0. The van der Waals surface area contributed by atoms with Crippen LogP contribution in [0.2, 0.25) is 0 Å². The van der Waals surface area contributed by atoms with Gasteiger partial charge in [-0.3, -0.25) is 4.79 Å². The normalized spacial score (nSPS) is 15.5. The molecule has 1 aliphatic heterocycles. The highest BCUT2D eigenvalue weighted by Crippen LogP contribution is 2.20. The van der Waals surface area contributed by atoms with Crippen molar-refractivity contribution in [3.8, 4) is 0 Å². The molecule has 144 valence electrons. The Bertz CT molecular complexity index is 947. The smallest absolute Gasteiger partial charge is 0.321 e. The van der Waals surface area contributed by atoms with E-state index in [9.17, 15) is 18.0 Å². The summed E-state index contributed by atoms with van der Waals surface area (Å²) < 4.78 is 28.3. The van der Waals surface area contributed by atoms with Crippen LogP contribution in [0.3, 0.4) is 0 Å². The molecule has 0 saturated carbocycles. The number of benzene rings is 1. The molecule has 1 fully saturated rings. The van der Waals surface area contributed by atoms with E-state index in [0.29, 0.717) is 5.69 Å². The number of anilines is 1. The molecule has 3 amide bonds. The fraction of sp³-hybridized carbons (Fsp3) is 0.294. The first kappa shape index (κ1) is 18.9. The first-order chi connectivity index (χ1) is 12.8. The number of aromatic nitrogens is 1. The number of primary amides is 1. The van der Waals surface area contributed by atoms with Gasteiger partial charge < -0.3 is 20.5 Å². The van der Waals surface area contributed by atoms with Gasteiger partial charge in [0.1, 0.15) is 10.6 Å². The number of aryl methyl sites for hydroxylation is 1. The second kappa shape index (κ2) is 7.41. The Balaban J connectivity index is 1.65. The quantitative estimate of drug-likeness (QED) is 0.796. The van der Waals surface area contributed by atoms with Crippen LogP contribution in [0.4, 0.5) is 10.5 Å². The SMILES string of the molecule is Cn1cc(S(=O)(=O)N2CCN(C(=O)Nc3ccccc3)CC2)cc1C(N)=O. The number of carbonyl (C=O) groups is 2. The lowest BCUT2D eigenvalue weighted by Crippen LogP contribution is -2.51. The number of piperazine rings is 1. The largest absolute Gasteiger partial charge is 0.364 e. The average molecular weight is 391 g/mol. The summed E-state index contributed by atoms with van der Waals surface area (Å²) in [6.07, 6.45) is 1.36. The van der Waals surface area contributed by atoms with Crippen molar-refractivity contribution in [2.75, 3.05) is 31.5 Å². The van der Waals surface area contributed by atoms with Crippen LogP contribution < -0.4 is 11.1 Å². The zero-order valence-electron chi connectivity index (χ0n) is 14.8. The maximum absolute atomic E-state index is 12.8. The van der Waals surface area contributed by atoms with E-state index >= 15 is 0 Å². The zero-order chi connectivity index (χ0) is 19.6. The van der Waals surface area contributed by atoms with Gasteiger partial charge in [0.2, 0.25) is 10.0 Å². The monoisotopic (exact) mass is 391 g/mol. The Hall–Kier alpha value is -2.85. The number of hydrogen-bond acceptors (Lipinski definition) is 4. The summed E-state index contributed by atoms with van der Waals surface area (Å²) in [6, 6.07) is 10.1. The minimum absolute atomic E-state index is 0.0148. The second-order valence-corrected chi connectivity index (χ2v) is 8.16. The van der Waals surface area contributed by atoms with Crippen LogP contribution in [-0.4, -0.2) is 60.3 Å². The molecular formula is C17H21N5O4S. The zero-order valence-corrected chi connectivity index (χ0v) is 15.6. The molecule has 0 bridgehead atoms. The molecule has 10 heteroatoms. The van der Waals surface area contributed by atoms with Gasteiger partial charge in [-0.1, -0.05) is 18.2 Å². The third kappa shape index (κ3) is 3.96. The number of nitrogens with zero attached hydrogens (tertiary/aromatic N) is 3. The number of rotatable bonds is 4. The summed E-state index contributed by atoms with van der Waals surface area (Å²) in [5.74, 6) is -0.693. The molecule has 1 aromatic carbocycles. The summed E-state index contributed by atoms with van der Waals surface area (Å²) in [7, 11) is -2.20. The van der Waals surface area contributed by atoms with E-state index in [2.05, 4.69) is 5.32 Å². The van der Waals surface area contributed by atoms with Crippen LogP contribution in [0, 0.1) is 0 Å². The predicted octanol–water partition coefficient (Wildman–Crippen LogP) is 0.662. The molecular weight excluding hydrogens is 370 g/mol. The Labute approximate surface area is 157 Å². The highest BCUT2D eigenvalue weighted by molar-refractivity contribution is 7.89. The van der Waals surface area contributed by atoms with E-state index in [0.717, 1.165) is 0 Å². The van der Waals surface area contributed by atoms with Crippen molar-refractivity contribution in [1.82, 2.24) is 13.8 Å². The van der Waals surface area contributed by atoms with Crippen molar-refractivity contribution in [3.63, 3.8) is 0 Å². The molecule has 2 heterocycles. The van der Waals surface area contributed by atoms with Crippen LogP contribution in [0.1, 0.15) is 10.5 Å². The topological polar surface area (TPSA) is 118 Å². The van der Waals surface area contributed by atoms with Crippen LogP contribution in [0.15, 0.2) is 47.5 Å². The molecule has 3 N–H and O–H groups in total. The van der Waals surface area contributed by atoms with Gasteiger partial charge in [-0.25, -0.2) is 13.2 Å². The molecule has 1 saturated heterocycles. The van der Waals surface area contributed by atoms with Gasteiger partial charge in [0.25, 0.3) is 5.91 Å². The minimum Gasteiger partial charge on any atom is -0.364 e. The standard InChI is InChI=1S/C17H21N5O4S/c1-20-12-14(11-15(20)16(18)23)27(25,26)22-9-7-21(8-10-22)17(24)19-13-5-3-2-4-6-13/h2-6,11-12H,7-10H2,1H3,(H2,18,23)(H,19,24). The molecule has 0 unspecified atom stereocenters. The number of amides is 3. The molecule has 2 aromatic rings. The number of nitrogens with one attached hydrogen (secondary N) is 1. The Kier molecular flexibility index (Phi) is 5.19. The third-order valence-electron chi connectivity index (χ3n) is 4.42. The minimum atomic E-state index is -3.76. The predicted molar refractivity (Wildman–Crippen MR) is 99.7 cm³/mol. The second-order valence-electron chi connectivity index (χ2n) is 6.22. The molecule has 3 rings (SSSR count). The Morgan fingerprint density at radius 1 is 1.07 bits per heavy atom. The molecule has 0 aliphatic carbocycles. The van der Waals surface area contributed by atoms with E-state index in [1.54, 1.807) is 24.1 Å². The fourth-order valence-electron chi connectivity index (χ4n) is 2.92. The lowest BCUT2D eigenvalue weighted by molar-refractivity contribution is 0.0992. The highest BCUT2D eigenvalue weighted by atomic mass is 32.2. The van der Waals surface area contributed by atoms with Crippen molar-refractivity contribution < 1.29 is 18.0 Å². The maximum atomic E-state index is 12.8. The van der Waals surface area contributed by atoms with Crippen molar-refractivity contribution in [2.45, 2.75) is 4.90 Å². The molecule has 1 aromatic heterocycles. The number of sulfonamides is 1. The highest BCUT2D eigenvalue weighted by Gasteiger charge is 2.31. The third-order valence-corrected chi connectivity index (χ3v) is 6.28. The van der Waals surface area contributed by atoms with E-state index in [1.807, 2.05) is 18.2 Å². The van der Waals surface area contributed by atoms with Crippen molar-refractivity contribution in [2.24, 2.45) is 12.8 Å². The van der Waals surface area contributed by atoms with E-state index in [4.69, 9.17) is 5.73 Å². The fourth-order valence-corrected chi connectivity index (χ4v) is 4.42. The van der Waals surface area contributed by atoms with Gasteiger partial charge in [-0.2, -0.15) is 4.31 Å². The molecule has 1 aliphatic rings. The summed E-state index contributed by atoms with van der Waals surface area (Å²) in [6.45, 7) is 0.886. The molecule has 0 atom stereocenters. The van der Waals surface area contributed by atoms with Crippen molar-refractivity contribution >= 4 is 27.6 Å². The summed E-state index contributed by atoms with van der Waals surface area (Å²) in [5, 5.41) is 2.78. The van der Waals surface area contributed by atoms with Crippen LogP contribution in [0.5, 0.6) is 0 Å². The number of carbonyl (C=O) groups excluding carboxylic acids is 2. The maximum Gasteiger partial charge on any atom is 0.321 e. The van der Waals surface area contributed by atoms with Crippen molar-refractivity contribution in [1.29, 1.82) is 0 Å². The number of urea groups is 1. The van der Waals surface area contributed by atoms with Gasteiger partial charge in [0, 0.05) is 45.1 Å². The number of nitrogens with two attached hydrogens (primary N) is 1. The van der Waals surface area contributed by atoms with E-state index in [1.165, 1.54) is 21.1 Å². The van der Waals surface area contributed by atoms with Crippen molar-refractivity contribution in [3.05, 3.63) is 48.3 Å². The summed E-state index contributed by atoms with van der Waals surface area (Å²) in [5.41, 5.74) is 6.05. The van der Waals surface area contributed by atoms with E-state index in [-0.39, 0.29) is 42.8 Å². The van der Waals surface area contributed by atoms with Crippen LogP contribution >= 0.6 is 0 Å². The first-order valence-corrected chi connectivity index (χ1v) is 9.80. The van der Waals surface area contributed by atoms with Gasteiger partial charge in [0.15, 0.2) is 0 Å². The lowest BCUT2D eigenvalue weighted by atomic mass is 10.3. The number of para-hydroxylation sites is 1. The average Bonchev–Trinajstić information content (AvgIpc) is 3.05. The first-order valence-electron chi connectivity index (χ1n) is 8.36. The van der Waals surface area contributed by atoms with Crippen LogP contribution in [-0.2, 0) is 17.1 Å². The van der Waals surface area contributed by atoms with Gasteiger partial charge >= 0.3 is 6.03 Å². The lowest BCUT2D eigenvalue weighted by Gasteiger charge is -2.33. The van der Waals surface area contributed by atoms with Gasteiger partial charge in [0.05, 0.1) is 0 Å². The number of hydrogen-bond donors (Lipinski definition) is 2. The van der Waals surface area contributed by atoms with Gasteiger partial charge in [-0.15, -0.1) is 0 Å².